The van der Waals surface area contributed by atoms with Crippen molar-refractivity contribution in [1.82, 2.24) is 4.90 Å². The van der Waals surface area contributed by atoms with Crippen molar-refractivity contribution in [2.75, 3.05) is 19.7 Å². The molecule has 4 nitrogen and oxygen atoms in total. The molecule has 0 aromatic heterocycles. The van der Waals surface area contributed by atoms with E-state index >= 15 is 0 Å². The first-order chi connectivity index (χ1) is 10.6. The van der Waals surface area contributed by atoms with E-state index < -0.39 is 6.04 Å². The van der Waals surface area contributed by atoms with Gasteiger partial charge >= 0.3 is 5.97 Å². The Morgan fingerprint density at radius 3 is 2.41 bits per heavy atom. The third-order valence-electron chi connectivity index (χ3n) is 3.94. The van der Waals surface area contributed by atoms with Crippen molar-refractivity contribution in [2.24, 2.45) is 0 Å². The Balaban J connectivity index is 2.09. The maximum atomic E-state index is 12.4. The quantitative estimate of drug-likeness (QED) is 0.595. The molecule has 120 valence electrons. The number of hydrogen-bond acceptors (Lipinski definition) is 4. The fourth-order valence-corrected chi connectivity index (χ4v) is 2.89. The monoisotopic (exact) mass is 323 g/mol. The molecule has 1 aliphatic rings. The summed E-state index contributed by atoms with van der Waals surface area (Å²) in [6.07, 6.45) is 3.45. The number of piperidine rings is 1. The van der Waals surface area contributed by atoms with Gasteiger partial charge in [0, 0.05) is 17.0 Å². The third-order valence-corrected chi connectivity index (χ3v) is 4.19. The van der Waals surface area contributed by atoms with Gasteiger partial charge in [-0.3, -0.25) is 14.5 Å². The van der Waals surface area contributed by atoms with E-state index in [4.69, 9.17) is 16.3 Å². The highest BCUT2D eigenvalue weighted by atomic mass is 35.5. The Labute approximate surface area is 136 Å². The van der Waals surface area contributed by atoms with Gasteiger partial charge in [0.05, 0.1) is 6.61 Å². The maximum Gasteiger partial charge on any atom is 0.323 e. The number of benzene rings is 1. The van der Waals surface area contributed by atoms with Crippen LogP contribution in [-0.2, 0) is 9.53 Å². The van der Waals surface area contributed by atoms with E-state index in [1.54, 1.807) is 31.2 Å². The summed E-state index contributed by atoms with van der Waals surface area (Å²) in [5.74, 6) is -0.355. The first-order valence-electron chi connectivity index (χ1n) is 7.81. The number of ketones is 1. The molecule has 1 atom stereocenters. The van der Waals surface area contributed by atoms with Crippen LogP contribution in [0.4, 0.5) is 0 Å². The second-order valence-corrected chi connectivity index (χ2v) is 5.94. The molecule has 1 saturated heterocycles. The number of carbonyl (C=O) groups is 2. The number of esters is 1. The van der Waals surface area contributed by atoms with Crippen molar-refractivity contribution < 1.29 is 14.3 Å². The van der Waals surface area contributed by atoms with Crippen LogP contribution in [0.3, 0.4) is 0 Å². The summed E-state index contributed by atoms with van der Waals surface area (Å²) in [6.45, 7) is 3.80. The van der Waals surface area contributed by atoms with Crippen molar-refractivity contribution in [3.63, 3.8) is 0 Å². The zero-order valence-corrected chi connectivity index (χ0v) is 13.6. The number of halogens is 1. The lowest BCUT2D eigenvalue weighted by atomic mass is 10.0. The highest BCUT2D eigenvalue weighted by Crippen LogP contribution is 2.18. The summed E-state index contributed by atoms with van der Waals surface area (Å²) in [6, 6.07) is 6.29. The fraction of sp³-hybridized carbons (Fsp3) is 0.529. The maximum absolute atomic E-state index is 12.4. The summed E-state index contributed by atoms with van der Waals surface area (Å²) in [4.78, 5) is 26.7. The molecule has 1 aromatic rings. The van der Waals surface area contributed by atoms with Gasteiger partial charge in [0.25, 0.3) is 0 Å². The molecule has 1 heterocycles. The number of ether oxygens (including phenoxy) is 1. The number of rotatable bonds is 6. The number of likely N-dealkylation sites (tertiary alicyclic amines) is 1. The SMILES string of the molecule is CCOC(=O)C(CC(=O)c1ccc(Cl)cc1)N1CCCCC1. The number of nitrogens with zero attached hydrogens (tertiary/aromatic N) is 1. The minimum Gasteiger partial charge on any atom is -0.465 e. The van der Waals surface area contributed by atoms with Gasteiger partial charge in [-0.1, -0.05) is 18.0 Å². The first kappa shape index (κ1) is 17.0. The topological polar surface area (TPSA) is 46.6 Å². The lowest BCUT2D eigenvalue weighted by Crippen LogP contribution is -2.46. The predicted octanol–water partition coefficient (Wildman–Crippen LogP) is 3.33. The zero-order chi connectivity index (χ0) is 15.9. The van der Waals surface area contributed by atoms with Crippen LogP contribution in [0.25, 0.3) is 0 Å². The Morgan fingerprint density at radius 2 is 1.82 bits per heavy atom. The standard InChI is InChI=1S/C17H22ClNO3/c1-2-22-17(21)15(19-10-4-3-5-11-19)12-16(20)13-6-8-14(18)9-7-13/h6-9,15H,2-5,10-12H2,1H3. The zero-order valence-electron chi connectivity index (χ0n) is 12.9. The molecule has 1 fully saturated rings. The Hall–Kier alpha value is -1.39. The molecule has 1 aliphatic heterocycles. The van der Waals surface area contributed by atoms with Crippen LogP contribution in [0.5, 0.6) is 0 Å². The summed E-state index contributed by atoms with van der Waals surface area (Å²) in [5.41, 5.74) is 0.579. The van der Waals surface area contributed by atoms with Crippen molar-refractivity contribution in [1.29, 1.82) is 0 Å². The van der Waals surface area contributed by atoms with Crippen molar-refractivity contribution in [3.05, 3.63) is 34.9 Å². The van der Waals surface area contributed by atoms with Crippen LogP contribution in [-0.4, -0.2) is 42.4 Å². The second-order valence-electron chi connectivity index (χ2n) is 5.50. The summed E-state index contributed by atoms with van der Waals surface area (Å²) >= 11 is 5.84. The van der Waals surface area contributed by atoms with E-state index in [1.165, 1.54) is 6.42 Å². The highest BCUT2D eigenvalue weighted by molar-refractivity contribution is 6.30. The van der Waals surface area contributed by atoms with Gasteiger partial charge in [-0.15, -0.1) is 0 Å². The van der Waals surface area contributed by atoms with E-state index in [1.807, 2.05) is 0 Å². The Morgan fingerprint density at radius 1 is 1.18 bits per heavy atom. The van der Waals surface area contributed by atoms with E-state index in [2.05, 4.69) is 4.90 Å². The number of carbonyl (C=O) groups excluding carboxylic acids is 2. The number of Topliss-reactive ketones (excluding diaryl/α,β-unsaturated/α-hetero) is 1. The van der Waals surface area contributed by atoms with E-state index in [-0.39, 0.29) is 18.2 Å². The summed E-state index contributed by atoms with van der Waals surface area (Å²) in [7, 11) is 0. The van der Waals surface area contributed by atoms with Crippen LogP contribution in [0, 0.1) is 0 Å². The molecule has 22 heavy (non-hydrogen) atoms. The molecular formula is C17H22ClNO3. The molecule has 0 amide bonds. The van der Waals surface area contributed by atoms with Crippen LogP contribution < -0.4 is 0 Å². The van der Waals surface area contributed by atoms with Crippen LogP contribution in [0.1, 0.15) is 43.0 Å². The van der Waals surface area contributed by atoms with Crippen LogP contribution in [0.15, 0.2) is 24.3 Å². The van der Waals surface area contributed by atoms with E-state index in [0.717, 1.165) is 25.9 Å². The third kappa shape index (κ3) is 4.55. The second kappa shape index (κ2) is 8.30. The van der Waals surface area contributed by atoms with Gasteiger partial charge in [0.2, 0.25) is 0 Å². The van der Waals surface area contributed by atoms with Gasteiger partial charge in [-0.05, 0) is 57.1 Å². The van der Waals surface area contributed by atoms with Crippen LogP contribution >= 0.6 is 11.6 Å². The highest BCUT2D eigenvalue weighted by Gasteiger charge is 2.30. The largest absolute Gasteiger partial charge is 0.465 e. The van der Waals surface area contributed by atoms with E-state index in [0.29, 0.717) is 17.2 Å². The molecule has 0 N–H and O–H groups in total. The smallest absolute Gasteiger partial charge is 0.323 e. The van der Waals surface area contributed by atoms with Gasteiger partial charge < -0.3 is 4.74 Å². The molecule has 0 saturated carbocycles. The Kier molecular flexibility index (Phi) is 6.40. The minimum atomic E-state index is -0.483. The first-order valence-corrected chi connectivity index (χ1v) is 8.19. The van der Waals surface area contributed by atoms with Crippen LogP contribution in [0.2, 0.25) is 5.02 Å². The average Bonchev–Trinajstić information content (AvgIpc) is 2.54. The van der Waals surface area contributed by atoms with Gasteiger partial charge in [-0.2, -0.15) is 0 Å². The molecule has 2 rings (SSSR count). The van der Waals surface area contributed by atoms with Gasteiger partial charge in [-0.25, -0.2) is 0 Å². The fourth-order valence-electron chi connectivity index (χ4n) is 2.76. The molecule has 0 bridgehead atoms. The van der Waals surface area contributed by atoms with Crippen molar-refractivity contribution >= 4 is 23.4 Å². The molecule has 0 radical (unpaired) electrons. The molecule has 0 aliphatic carbocycles. The lowest BCUT2D eigenvalue weighted by molar-refractivity contribution is -0.149. The summed E-state index contributed by atoms with van der Waals surface area (Å²) < 4.78 is 5.16. The molecule has 0 spiro atoms. The van der Waals surface area contributed by atoms with Crippen molar-refractivity contribution in [2.45, 2.75) is 38.6 Å². The normalized spacial score (nSPS) is 17.0. The Bertz CT molecular complexity index is 509. The molecule has 1 aromatic carbocycles. The molecule has 1 unspecified atom stereocenters. The molecule has 5 heteroatoms. The predicted molar refractivity (Wildman–Crippen MR) is 86.2 cm³/mol. The van der Waals surface area contributed by atoms with Crippen molar-refractivity contribution in [3.8, 4) is 0 Å². The van der Waals surface area contributed by atoms with Gasteiger partial charge in [0.1, 0.15) is 6.04 Å². The minimum absolute atomic E-state index is 0.0553. The lowest BCUT2D eigenvalue weighted by Gasteiger charge is -2.32. The summed E-state index contributed by atoms with van der Waals surface area (Å²) in [5, 5.41) is 0.592. The number of hydrogen-bond donors (Lipinski definition) is 0. The molecular weight excluding hydrogens is 302 g/mol. The van der Waals surface area contributed by atoms with Gasteiger partial charge in [0.15, 0.2) is 5.78 Å². The van der Waals surface area contributed by atoms with E-state index in [9.17, 15) is 9.59 Å². The average molecular weight is 324 g/mol.